The maximum Gasteiger partial charge on any atom is 0.306 e. The maximum absolute atomic E-state index is 13.6. The molecule has 2 heterocycles. The third kappa shape index (κ3) is 26.8. The van der Waals surface area contributed by atoms with Crippen molar-refractivity contribution >= 4 is 46.9 Å². The highest BCUT2D eigenvalue weighted by atomic mass is 32.1. The van der Waals surface area contributed by atoms with Crippen LogP contribution < -0.4 is 5.32 Å². The number of thiophene rings is 1. The van der Waals surface area contributed by atoms with Gasteiger partial charge >= 0.3 is 11.9 Å². The average molecular weight is 916 g/mol. The zero-order chi connectivity index (χ0) is 46.6. The number of carbonyl (C=O) groups excluding carboxylic acids is 5. The Morgan fingerprint density at radius 2 is 1.23 bits per heavy atom. The molecule has 1 unspecified atom stereocenters. The molecule has 2 amide bonds. The quantitative estimate of drug-likeness (QED) is 0.0392. The lowest BCUT2D eigenvalue weighted by Gasteiger charge is -2.27. The minimum Gasteiger partial charge on any atom is -0.466 e. The Labute approximate surface area is 395 Å². The summed E-state index contributed by atoms with van der Waals surface area (Å²) in [5.41, 5.74) is 1.56. The van der Waals surface area contributed by atoms with Crippen molar-refractivity contribution in [3.8, 4) is 0 Å². The summed E-state index contributed by atoms with van der Waals surface area (Å²) in [6.45, 7) is 9.50. The Bertz CT molecular complexity index is 1480. The molecule has 0 radical (unpaired) electrons. The van der Waals surface area contributed by atoms with Crippen LogP contribution in [0.4, 0.5) is 0 Å². The van der Waals surface area contributed by atoms with Crippen molar-refractivity contribution in [2.45, 2.75) is 232 Å². The first kappa shape index (κ1) is 57.1. The fourth-order valence-electron chi connectivity index (χ4n) is 8.34. The topological polar surface area (TPSA) is 122 Å². The number of rotatable bonds is 40. The monoisotopic (exact) mass is 916 g/mol. The molecule has 1 aliphatic rings. The van der Waals surface area contributed by atoms with Gasteiger partial charge in [-0.05, 0) is 109 Å². The van der Waals surface area contributed by atoms with E-state index in [1.165, 1.54) is 108 Å². The second-order valence-corrected chi connectivity index (χ2v) is 19.6. The Morgan fingerprint density at radius 3 is 1.86 bits per heavy atom. The second-order valence-electron chi connectivity index (χ2n) is 18.5. The van der Waals surface area contributed by atoms with Crippen molar-refractivity contribution in [3.05, 3.63) is 27.0 Å². The molecule has 0 saturated heterocycles. The van der Waals surface area contributed by atoms with Gasteiger partial charge in [-0.15, -0.1) is 11.3 Å². The summed E-state index contributed by atoms with van der Waals surface area (Å²) in [7, 11) is 4.01. The van der Waals surface area contributed by atoms with Gasteiger partial charge < -0.3 is 24.6 Å². The van der Waals surface area contributed by atoms with E-state index in [4.69, 9.17) is 9.47 Å². The number of allylic oxidation sites excluding steroid dienone is 1. The summed E-state index contributed by atoms with van der Waals surface area (Å²) < 4.78 is 11.4. The summed E-state index contributed by atoms with van der Waals surface area (Å²) in [5, 5.41) is 3.09. The normalized spacial score (nSPS) is 13.1. The van der Waals surface area contributed by atoms with Gasteiger partial charge in [-0.3, -0.25) is 24.0 Å². The summed E-state index contributed by atoms with van der Waals surface area (Å²) in [5.74, 6) is -0.486. The van der Waals surface area contributed by atoms with Crippen molar-refractivity contribution in [1.82, 2.24) is 15.1 Å². The van der Waals surface area contributed by atoms with E-state index in [9.17, 15) is 24.0 Å². The fraction of sp³-hybridized carbons (Fsp3) is 0.792. The number of nitrogens with one attached hydrogen (secondary N) is 1. The third-order valence-electron chi connectivity index (χ3n) is 12.3. The van der Waals surface area contributed by atoms with Crippen LogP contribution in [0.3, 0.4) is 0 Å². The standard InChI is InChI=1S/C53H91N3O7S.H2/c1-6-9-12-15-17-18-19-21-28-42-62-50(59)34-26-24-30-44(57)36-37-47-52(53(61)54-39-29-40-55(4)5)46-38-41-56(43-48(46)64-47)49(58)33-25-27-35-51(60)63-45(31-22-14-11-8-3)32-23-20-16-13-10-7-2;/h36-37,45H,6-35,38-43H2,1-5H3,(H,54,61);1H/b37-36-;. The minimum absolute atomic E-state index is 0. The molecule has 11 heteroatoms. The number of unbranched alkanes of at least 4 members (excludes halogenated alkanes) is 18. The van der Waals surface area contributed by atoms with Gasteiger partial charge in [-0.2, -0.15) is 0 Å². The van der Waals surface area contributed by atoms with Crippen molar-refractivity contribution in [1.29, 1.82) is 0 Å². The molecule has 1 aliphatic heterocycles. The summed E-state index contributed by atoms with van der Waals surface area (Å²) in [4.78, 5) is 70.8. The molecule has 10 nitrogen and oxygen atoms in total. The molecule has 0 saturated carbocycles. The fourth-order valence-corrected chi connectivity index (χ4v) is 9.61. The van der Waals surface area contributed by atoms with Gasteiger partial charge in [-0.25, -0.2) is 0 Å². The predicted octanol–water partition coefficient (Wildman–Crippen LogP) is 13.0. The van der Waals surface area contributed by atoms with Crippen molar-refractivity contribution < 1.29 is 34.9 Å². The molecular weight excluding hydrogens is 823 g/mol. The zero-order valence-electron chi connectivity index (χ0n) is 41.3. The van der Waals surface area contributed by atoms with Crippen molar-refractivity contribution in [2.24, 2.45) is 0 Å². The van der Waals surface area contributed by atoms with E-state index in [1.54, 1.807) is 12.2 Å². The minimum atomic E-state index is -0.198. The molecule has 2 rings (SSSR count). The van der Waals surface area contributed by atoms with Crippen molar-refractivity contribution in [2.75, 3.05) is 40.3 Å². The Balaban J connectivity index is 0.0000211. The van der Waals surface area contributed by atoms with Crippen LogP contribution in [-0.2, 0) is 41.6 Å². The smallest absolute Gasteiger partial charge is 0.306 e. The van der Waals surface area contributed by atoms with Gasteiger partial charge in [0.05, 0.1) is 18.7 Å². The summed E-state index contributed by atoms with van der Waals surface area (Å²) >= 11 is 1.48. The maximum atomic E-state index is 13.6. The highest BCUT2D eigenvalue weighted by Gasteiger charge is 2.29. The largest absolute Gasteiger partial charge is 0.466 e. The lowest BCUT2D eigenvalue weighted by Crippen LogP contribution is -2.36. The Morgan fingerprint density at radius 1 is 0.688 bits per heavy atom. The average Bonchev–Trinajstić information content (AvgIpc) is 3.65. The highest BCUT2D eigenvalue weighted by Crippen LogP contribution is 2.35. The first-order valence-corrected chi connectivity index (χ1v) is 26.8. The van der Waals surface area contributed by atoms with E-state index in [0.717, 1.165) is 66.8 Å². The van der Waals surface area contributed by atoms with Gasteiger partial charge in [0.25, 0.3) is 5.91 Å². The van der Waals surface area contributed by atoms with Crippen LogP contribution in [0.2, 0.25) is 0 Å². The highest BCUT2D eigenvalue weighted by molar-refractivity contribution is 7.13. The molecule has 0 aliphatic carbocycles. The molecule has 368 valence electrons. The lowest BCUT2D eigenvalue weighted by atomic mass is 10.00. The molecule has 0 bridgehead atoms. The van der Waals surface area contributed by atoms with E-state index >= 15 is 0 Å². The van der Waals surface area contributed by atoms with E-state index in [1.807, 2.05) is 19.0 Å². The van der Waals surface area contributed by atoms with E-state index in [-0.39, 0.29) is 37.1 Å². The molecule has 64 heavy (non-hydrogen) atoms. The van der Waals surface area contributed by atoms with Gasteiger partial charge in [0.15, 0.2) is 5.78 Å². The second kappa shape index (κ2) is 37.1. The van der Waals surface area contributed by atoms with Crippen LogP contribution in [0, 0.1) is 0 Å². The summed E-state index contributed by atoms with van der Waals surface area (Å²) in [6.07, 6.45) is 33.3. The van der Waals surface area contributed by atoms with Gasteiger partial charge in [0.1, 0.15) is 6.10 Å². The van der Waals surface area contributed by atoms with Crippen LogP contribution in [0.1, 0.15) is 240 Å². The number of nitrogens with zero attached hydrogens (tertiary/aromatic N) is 2. The van der Waals surface area contributed by atoms with Gasteiger partial charge in [0, 0.05) is 50.0 Å². The number of ketones is 1. The van der Waals surface area contributed by atoms with Crippen molar-refractivity contribution in [3.63, 3.8) is 0 Å². The zero-order valence-corrected chi connectivity index (χ0v) is 42.2. The van der Waals surface area contributed by atoms with E-state index in [2.05, 4.69) is 31.0 Å². The number of hydrogen-bond donors (Lipinski definition) is 1. The van der Waals surface area contributed by atoms with Crippen LogP contribution in [0.15, 0.2) is 6.08 Å². The number of hydrogen-bond acceptors (Lipinski definition) is 9. The molecule has 1 N–H and O–H groups in total. The van der Waals surface area contributed by atoms with Crippen LogP contribution in [-0.4, -0.2) is 85.8 Å². The number of fused-ring (bicyclic) bond motifs is 1. The van der Waals surface area contributed by atoms with Crippen LogP contribution >= 0.6 is 11.3 Å². The molecule has 1 atom stereocenters. The SMILES string of the molecule is CCCCCCCCCCCOC(=O)CCCCC(=O)/C=C\c1sc2c(c1C(=O)NCCCN(C)C)CCN(C(=O)CCCCC(=O)OC(CCCCCC)CCCCCCCC)C2.[HH]. The molecule has 0 spiro atoms. The summed E-state index contributed by atoms with van der Waals surface area (Å²) in [6, 6.07) is 0. The van der Waals surface area contributed by atoms with Gasteiger partial charge in [0.2, 0.25) is 5.91 Å². The number of carbonyl (C=O) groups is 5. The number of amides is 2. The molecule has 0 aromatic carbocycles. The van der Waals surface area contributed by atoms with Gasteiger partial charge in [-0.1, -0.05) is 124 Å². The third-order valence-corrected chi connectivity index (χ3v) is 13.5. The first-order chi connectivity index (χ1) is 31.1. The molecule has 1 aromatic heterocycles. The molecule has 1 aromatic rings. The van der Waals surface area contributed by atoms with E-state index in [0.29, 0.717) is 89.6 Å². The number of ether oxygens (including phenoxy) is 2. The first-order valence-electron chi connectivity index (χ1n) is 26.0. The molecule has 0 fully saturated rings. The lowest BCUT2D eigenvalue weighted by molar-refractivity contribution is -0.150. The van der Waals surface area contributed by atoms with E-state index < -0.39 is 0 Å². The molecular formula is C53H93N3O7S. The van der Waals surface area contributed by atoms with Crippen LogP contribution in [0.5, 0.6) is 0 Å². The number of esters is 2. The Hall–Kier alpha value is -3.05. The Kier molecular flexibility index (Phi) is 33.1. The van der Waals surface area contributed by atoms with Crippen LogP contribution in [0.25, 0.3) is 6.08 Å². The predicted molar refractivity (Wildman–Crippen MR) is 267 cm³/mol.